The van der Waals surface area contributed by atoms with Gasteiger partial charge in [-0.05, 0) is 24.6 Å². The molecule has 0 aromatic heterocycles. The van der Waals surface area contributed by atoms with Crippen LogP contribution >= 0.6 is 0 Å². The Hall–Kier alpha value is -3.68. The lowest BCUT2D eigenvalue weighted by Gasteiger charge is -2.26. The maximum absolute atomic E-state index is 12.7. The number of nitrogens with zero attached hydrogens (tertiary/aromatic N) is 2. The Kier molecular flexibility index (Phi) is 4.89. The summed E-state index contributed by atoms with van der Waals surface area (Å²) < 4.78 is 5.01. The molecule has 1 unspecified atom stereocenters. The predicted octanol–water partition coefficient (Wildman–Crippen LogP) is 3.06. The highest BCUT2D eigenvalue weighted by atomic mass is 16.6. The van der Waals surface area contributed by atoms with E-state index in [1.807, 2.05) is 0 Å². The molecule has 2 aromatic carbocycles. The molecule has 3 rings (SSSR count). The van der Waals surface area contributed by atoms with Crippen molar-refractivity contribution in [1.29, 1.82) is 0 Å². The molecule has 0 saturated heterocycles. The molecule has 1 amide bonds. The molecule has 1 heterocycles. The number of rotatable bonds is 5. The Morgan fingerprint density at radius 2 is 1.81 bits per heavy atom. The van der Waals surface area contributed by atoms with E-state index in [4.69, 9.17) is 4.74 Å². The van der Waals surface area contributed by atoms with Crippen LogP contribution in [0.4, 0.5) is 11.4 Å². The van der Waals surface area contributed by atoms with Crippen molar-refractivity contribution in [3.05, 3.63) is 81.6 Å². The third kappa shape index (κ3) is 3.24. The molecule has 8 heteroatoms. The Morgan fingerprint density at radius 1 is 1.19 bits per heavy atom. The van der Waals surface area contributed by atoms with E-state index < -0.39 is 28.6 Å². The minimum Gasteiger partial charge on any atom is -0.503 e. The number of carbonyl (C=O) groups excluding carboxylic acids is 2. The van der Waals surface area contributed by atoms with Gasteiger partial charge in [0, 0.05) is 17.8 Å². The van der Waals surface area contributed by atoms with E-state index in [1.165, 1.54) is 29.2 Å². The monoisotopic (exact) mass is 368 g/mol. The first-order chi connectivity index (χ1) is 13.0. The van der Waals surface area contributed by atoms with Crippen LogP contribution in [-0.4, -0.2) is 28.5 Å². The van der Waals surface area contributed by atoms with E-state index in [-0.39, 0.29) is 17.9 Å². The van der Waals surface area contributed by atoms with Gasteiger partial charge in [0.2, 0.25) is 0 Å². The van der Waals surface area contributed by atoms with Gasteiger partial charge in [-0.25, -0.2) is 4.79 Å². The van der Waals surface area contributed by atoms with Gasteiger partial charge in [0.15, 0.2) is 5.76 Å². The SMILES string of the molecule is CCOC(=O)C1=C(O)C(=O)N(c2ccc([N+](=O)[O-])cc2)C1c1ccccc1. The number of esters is 1. The quantitative estimate of drug-likeness (QED) is 0.493. The molecular formula is C19H16N2O6. The van der Waals surface area contributed by atoms with Gasteiger partial charge >= 0.3 is 5.97 Å². The fraction of sp³-hybridized carbons (Fsp3) is 0.158. The fourth-order valence-corrected chi connectivity index (χ4v) is 2.97. The van der Waals surface area contributed by atoms with Crippen molar-refractivity contribution >= 4 is 23.3 Å². The number of hydrogen-bond acceptors (Lipinski definition) is 6. The van der Waals surface area contributed by atoms with E-state index in [2.05, 4.69) is 0 Å². The molecule has 27 heavy (non-hydrogen) atoms. The van der Waals surface area contributed by atoms with Crippen molar-refractivity contribution in [2.45, 2.75) is 13.0 Å². The molecule has 0 radical (unpaired) electrons. The highest BCUT2D eigenvalue weighted by molar-refractivity contribution is 6.15. The second kappa shape index (κ2) is 7.28. The van der Waals surface area contributed by atoms with Crippen LogP contribution in [0.3, 0.4) is 0 Å². The number of anilines is 1. The van der Waals surface area contributed by atoms with Crippen LogP contribution < -0.4 is 4.90 Å². The summed E-state index contributed by atoms with van der Waals surface area (Å²) in [5, 5.41) is 21.2. The van der Waals surface area contributed by atoms with Crippen LogP contribution in [0.2, 0.25) is 0 Å². The molecule has 2 aromatic rings. The zero-order valence-electron chi connectivity index (χ0n) is 14.4. The van der Waals surface area contributed by atoms with E-state index in [9.17, 15) is 24.8 Å². The zero-order valence-corrected chi connectivity index (χ0v) is 14.4. The molecule has 138 valence electrons. The maximum Gasteiger partial charge on any atom is 0.340 e. The van der Waals surface area contributed by atoms with Crippen molar-refractivity contribution in [2.24, 2.45) is 0 Å². The number of benzene rings is 2. The Balaban J connectivity index is 2.11. The summed E-state index contributed by atoms with van der Waals surface area (Å²) in [6, 6.07) is 13.1. The summed E-state index contributed by atoms with van der Waals surface area (Å²) in [6.07, 6.45) is 0. The molecule has 0 bridgehead atoms. The lowest BCUT2D eigenvalue weighted by atomic mass is 9.99. The van der Waals surface area contributed by atoms with E-state index >= 15 is 0 Å². The molecule has 0 fully saturated rings. The number of carbonyl (C=O) groups is 2. The topological polar surface area (TPSA) is 110 Å². The van der Waals surface area contributed by atoms with Gasteiger partial charge in [-0.2, -0.15) is 0 Å². The van der Waals surface area contributed by atoms with Gasteiger partial charge in [0.25, 0.3) is 11.6 Å². The molecule has 1 N–H and O–H groups in total. The van der Waals surface area contributed by atoms with Crippen LogP contribution in [0, 0.1) is 10.1 Å². The van der Waals surface area contributed by atoms with Crippen molar-refractivity contribution in [1.82, 2.24) is 0 Å². The van der Waals surface area contributed by atoms with Crippen LogP contribution in [0.25, 0.3) is 0 Å². The number of non-ortho nitro benzene ring substituents is 1. The summed E-state index contributed by atoms with van der Waals surface area (Å²) in [6.45, 7) is 1.71. The van der Waals surface area contributed by atoms with Crippen molar-refractivity contribution < 1.29 is 24.4 Å². The number of hydrogen-bond donors (Lipinski definition) is 1. The molecule has 0 saturated carbocycles. The number of nitro benzene ring substituents is 1. The Morgan fingerprint density at radius 3 is 2.37 bits per heavy atom. The average molecular weight is 368 g/mol. The van der Waals surface area contributed by atoms with E-state index in [0.29, 0.717) is 11.3 Å². The van der Waals surface area contributed by atoms with E-state index in [0.717, 1.165) is 0 Å². The third-order valence-corrected chi connectivity index (χ3v) is 4.16. The molecule has 0 aliphatic carbocycles. The summed E-state index contributed by atoms with van der Waals surface area (Å²) in [5.74, 6) is -2.26. The Bertz CT molecular complexity index is 921. The highest BCUT2D eigenvalue weighted by Crippen LogP contribution is 2.41. The fourth-order valence-electron chi connectivity index (χ4n) is 2.97. The molecule has 1 atom stereocenters. The largest absolute Gasteiger partial charge is 0.503 e. The molecule has 1 aliphatic rings. The first-order valence-electron chi connectivity index (χ1n) is 8.19. The van der Waals surface area contributed by atoms with Gasteiger partial charge < -0.3 is 9.84 Å². The van der Waals surface area contributed by atoms with Crippen LogP contribution in [0.15, 0.2) is 65.9 Å². The second-order valence-electron chi connectivity index (χ2n) is 5.74. The van der Waals surface area contributed by atoms with Gasteiger partial charge in [-0.1, -0.05) is 30.3 Å². The normalized spacial score (nSPS) is 16.6. The number of ether oxygens (including phenoxy) is 1. The highest BCUT2D eigenvalue weighted by Gasteiger charge is 2.45. The summed E-state index contributed by atoms with van der Waals surface area (Å²) in [4.78, 5) is 36.6. The van der Waals surface area contributed by atoms with Crippen molar-refractivity contribution in [3.8, 4) is 0 Å². The molecule has 0 spiro atoms. The zero-order chi connectivity index (χ0) is 19.6. The molecule has 1 aliphatic heterocycles. The van der Waals surface area contributed by atoms with Crippen LogP contribution in [0.1, 0.15) is 18.5 Å². The second-order valence-corrected chi connectivity index (χ2v) is 5.74. The minimum atomic E-state index is -0.904. The lowest BCUT2D eigenvalue weighted by Crippen LogP contribution is -2.31. The first-order valence-corrected chi connectivity index (χ1v) is 8.19. The maximum atomic E-state index is 12.7. The third-order valence-electron chi connectivity index (χ3n) is 4.16. The molecular weight excluding hydrogens is 352 g/mol. The number of nitro groups is 1. The van der Waals surface area contributed by atoms with E-state index in [1.54, 1.807) is 37.3 Å². The number of aliphatic hydroxyl groups is 1. The lowest BCUT2D eigenvalue weighted by molar-refractivity contribution is -0.384. The summed E-state index contributed by atoms with van der Waals surface area (Å²) >= 11 is 0. The minimum absolute atomic E-state index is 0.0862. The molecule has 8 nitrogen and oxygen atoms in total. The number of amides is 1. The van der Waals surface area contributed by atoms with Crippen molar-refractivity contribution in [2.75, 3.05) is 11.5 Å². The van der Waals surface area contributed by atoms with Gasteiger partial charge in [-0.15, -0.1) is 0 Å². The smallest absolute Gasteiger partial charge is 0.340 e. The predicted molar refractivity (Wildman–Crippen MR) is 96.1 cm³/mol. The van der Waals surface area contributed by atoms with Crippen LogP contribution in [-0.2, 0) is 14.3 Å². The average Bonchev–Trinajstić information content (AvgIpc) is 2.94. The number of aliphatic hydroxyl groups excluding tert-OH is 1. The van der Waals surface area contributed by atoms with Gasteiger partial charge in [0.05, 0.1) is 17.6 Å². The van der Waals surface area contributed by atoms with Crippen LogP contribution in [0.5, 0.6) is 0 Å². The van der Waals surface area contributed by atoms with Gasteiger partial charge in [-0.3, -0.25) is 19.8 Å². The van der Waals surface area contributed by atoms with Crippen molar-refractivity contribution in [3.63, 3.8) is 0 Å². The summed E-state index contributed by atoms with van der Waals surface area (Å²) in [7, 11) is 0. The standard InChI is InChI=1S/C19H16N2O6/c1-2-27-19(24)15-16(12-6-4-3-5-7-12)20(18(23)17(15)22)13-8-10-14(11-9-13)21(25)26/h3-11,16,22H,2H2,1H3. The van der Waals surface area contributed by atoms with Gasteiger partial charge in [0.1, 0.15) is 5.57 Å². The summed E-state index contributed by atoms with van der Waals surface area (Å²) in [5.41, 5.74) is 0.609. The first kappa shape index (κ1) is 18.1. The Labute approximate surface area is 154 Å².